The second kappa shape index (κ2) is 11.3. The third-order valence-corrected chi connectivity index (χ3v) is 6.04. The fraction of sp³-hybridized carbons (Fsp3) is 0.345. The lowest BCUT2D eigenvalue weighted by atomic mass is 9.92. The predicted molar refractivity (Wildman–Crippen MR) is 138 cm³/mol. The number of benzene rings is 2. The van der Waals surface area contributed by atoms with Crippen LogP contribution in [-0.4, -0.2) is 45.9 Å². The van der Waals surface area contributed by atoms with Crippen LogP contribution in [0.2, 0.25) is 0 Å². The highest BCUT2D eigenvalue weighted by molar-refractivity contribution is 5.73. The molecule has 1 aliphatic heterocycles. The molecule has 1 atom stereocenters. The first-order chi connectivity index (χ1) is 17.7. The summed E-state index contributed by atoms with van der Waals surface area (Å²) in [6, 6.07) is 17.3. The first kappa shape index (κ1) is 26.0. The van der Waals surface area contributed by atoms with E-state index < -0.39 is 17.5 Å². The van der Waals surface area contributed by atoms with Crippen molar-refractivity contribution >= 4 is 17.6 Å². The summed E-state index contributed by atoms with van der Waals surface area (Å²) in [5.41, 5.74) is 4.25. The number of carboxylic acids is 1. The summed E-state index contributed by atoms with van der Waals surface area (Å²) in [6.07, 6.45) is 3.91. The van der Waals surface area contributed by atoms with Crippen molar-refractivity contribution in [3.8, 4) is 5.75 Å². The van der Waals surface area contributed by atoms with Gasteiger partial charge in [-0.05, 0) is 67.7 Å². The van der Waals surface area contributed by atoms with Gasteiger partial charge in [0.25, 0.3) is 0 Å². The van der Waals surface area contributed by atoms with Crippen molar-refractivity contribution in [1.29, 1.82) is 0 Å². The summed E-state index contributed by atoms with van der Waals surface area (Å²) >= 11 is 0. The Morgan fingerprint density at radius 3 is 2.54 bits per heavy atom. The number of rotatable bonds is 8. The van der Waals surface area contributed by atoms with Crippen LogP contribution in [0.3, 0.4) is 0 Å². The van der Waals surface area contributed by atoms with E-state index in [1.54, 1.807) is 11.0 Å². The Morgan fingerprint density at radius 2 is 1.92 bits per heavy atom. The van der Waals surface area contributed by atoms with Crippen LogP contribution in [0, 0.1) is 0 Å². The average molecular weight is 505 g/mol. The van der Waals surface area contributed by atoms with Crippen molar-refractivity contribution in [2.45, 2.75) is 51.7 Å². The highest BCUT2D eigenvalue weighted by atomic mass is 16.6. The molecule has 2 aromatic carbocycles. The molecule has 1 N–H and O–H groups in total. The van der Waals surface area contributed by atoms with E-state index in [0.717, 1.165) is 23.1 Å². The molecule has 0 spiro atoms. The summed E-state index contributed by atoms with van der Waals surface area (Å²) < 4.78 is 16.4. The summed E-state index contributed by atoms with van der Waals surface area (Å²) in [4.78, 5) is 25.4. The number of ether oxygens (including phenoxy) is 2. The molecular weight excluding hydrogens is 472 g/mol. The van der Waals surface area contributed by atoms with Crippen LogP contribution in [-0.2, 0) is 16.1 Å². The van der Waals surface area contributed by atoms with Crippen molar-refractivity contribution < 1.29 is 28.7 Å². The number of carboxylic acid groups (broad SMARTS) is 1. The van der Waals surface area contributed by atoms with Gasteiger partial charge in [0.15, 0.2) is 0 Å². The molecule has 8 heteroatoms. The minimum atomic E-state index is -0.904. The lowest BCUT2D eigenvalue weighted by Crippen LogP contribution is -2.39. The quantitative estimate of drug-likeness (QED) is 0.408. The third-order valence-electron chi connectivity index (χ3n) is 6.04. The number of aliphatic carboxylic acids is 1. The molecule has 2 heterocycles. The SMILES string of the molecule is CC(C)(C)OC(=O)N1CC=C(c2cccc(COc3ccc([C@H](CC(=O)O)c4ccon4)cc3)c2)CC1. The standard InChI is InChI=1S/C29H32N2O6/c1-29(2,3)37-28(34)31-14-11-21(12-15-31)23-6-4-5-20(17-23)19-35-24-9-7-22(8-10-24)25(18-27(32)33)26-13-16-36-30-26/h4-11,13,16-17,25H,12,14-15,18-19H2,1-3H3,(H,32,33)/t25-/m0/s1. The molecule has 0 bridgehead atoms. The summed E-state index contributed by atoms with van der Waals surface area (Å²) in [6.45, 7) is 7.14. The molecule has 1 amide bonds. The number of hydrogen-bond donors (Lipinski definition) is 1. The first-order valence-corrected chi connectivity index (χ1v) is 12.3. The molecule has 1 aliphatic rings. The van der Waals surface area contributed by atoms with Gasteiger partial charge in [-0.3, -0.25) is 4.79 Å². The van der Waals surface area contributed by atoms with Gasteiger partial charge in [0.05, 0.1) is 12.1 Å². The largest absolute Gasteiger partial charge is 0.489 e. The average Bonchev–Trinajstić information content (AvgIpc) is 3.40. The smallest absolute Gasteiger partial charge is 0.410 e. The Labute approximate surface area is 216 Å². The van der Waals surface area contributed by atoms with E-state index >= 15 is 0 Å². The van der Waals surface area contributed by atoms with Crippen LogP contribution in [0.5, 0.6) is 5.75 Å². The highest BCUT2D eigenvalue weighted by Crippen LogP contribution is 2.29. The van der Waals surface area contributed by atoms with Crippen molar-refractivity contribution in [3.63, 3.8) is 0 Å². The fourth-order valence-electron chi connectivity index (χ4n) is 4.22. The number of nitrogens with zero attached hydrogens (tertiary/aromatic N) is 2. The Hall–Kier alpha value is -4.07. The van der Waals surface area contributed by atoms with E-state index in [-0.39, 0.29) is 12.5 Å². The van der Waals surface area contributed by atoms with Gasteiger partial charge in [-0.2, -0.15) is 0 Å². The van der Waals surface area contributed by atoms with E-state index in [4.69, 9.17) is 14.0 Å². The van der Waals surface area contributed by atoms with Crippen LogP contribution >= 0.6 is 0 Å². The van der Waals surface area contributed by atoms with Crippen LogP contribution < -0.4 is 4.74 Å². The predicted octanol–water partition coefficient (Wildman–Crippen LogP) is 5.88. The molecule has 3 aromatic rings. The third kappa shape index (κ3) is 7.22. The topological polar surface area (TPSA) is 102 Å². The molecule has 0 fully saturated rings. The van der Waals surface area contributed by atoms with E-state index in [2.05, 4.69) is 23.4 Å². The molecule has 0 radical (unpaired) electrons. The maximum absolute atomic E-state index is 12.3. The van der Waals surface area contributed by atoms with Crippen molar-refractivity contribution in [1.82, 2.24) is 10.1 Å². The molecule has 194 valence electrons. The molecule has 0 saturated carbocycles. The Morgan fingerprint density at radius 1 is 1.14 bits per heavy atom. The zero-order valence-electron chi connectivity index (χ0n) is 21.3. The van der Waals surface area contributed by atoms with Crippen LogP contribution in [0.25, 0.3) is 5.57 Å². The highest BCUT2D eigenvalue weighted by Gasteiger charge is 2.24. The zero-order chi connectivity index (χ0) is 26.4. The van der Waals surface area contributed by atoms with Gasteiger partial charge < -0.3 is 24.0 Å². The van der Waals surface area contributed by atoms with E-state index in [0.29, 0.717) is 31.1 Å². The lowest BCUT2D eigenvalue weighted by molar-refractivity contribution is -0.137. The summed E-state index contributed by atoms with van der Waals surface area (Å²) in [7, 11) is 0. The van der Waals surface area contributed by atoms with Crippen molar-refractivity contribution in [2.75, 3.05) is 13.1 Å². The van der Waals surface area contributed by atoms with Crippen LogP contribution in [0.4, 0.5) is 4.79 Å². The molecular formula is C29H32N2O6. The maximum atomic E-state index is 12.3. The minimum absolute atomic E-state index is 0.0785. The Balaban J connectivity index is 1.36. The van der Waals surface area contributed by atoms with E-state index in [9.17, 15) is 14.7 Å². The van der Waals surface area contributed by atoms with E-state index in [1.165, 1.54) is 11.8 Å². The molecule has 37 heavy (non-hydrogen) atoms. The molecule has 4 rings (SSSR count). The molecule has 1 aromatic heterocycles. The molecule has 0 aliphatic carbocycles. The fourth-order valence-corrected chi connectivity index (χ4v) is 4.22. The van der Waals surface area contributed by atoms with Gasteiger partial charge in [0.2, 0.25) is 0 Å². The lowest BCUT2D eigenvalue weighted by Gasteiger charge is -2.29. The number of carbonyl (C=O) groups is 2. The number of carbonyl (C=O) groups excluding carboxylic acids is 1. The molecule has 8 nitrogen and oxygen atoms in total. The summed E-state index contributed by atoms with van der Waals surface area (Å²) in [5, 5.41) is 13.2. The maximum Gasteiger partial charge on any atom is 0.410 e. The van der Waals surface area contributed by atoms with E-state index in [1.807, 2.05) is 57.2 Å². The van der Waals surface area contributed by atoms with Gasteiger partial charge in [-0.1, -0.05) is 41.6 Å². The second-order valence-electron chi connectivity index (χ2n) is 10.0. The molecule has 0 unspecified atom stereocenters. The monoisotopic (exact) mass is 504 g/mol. The minimum Gasteiger partial charge on any atom is -0.489 e. The van der Waals surface area contributed by atoms with Gasteiger partial charge in [0.1, 0.15) is 24.2 Å². The van der Waals surface area contributed by atoms with Crippen LogP contribution in [0.1, 0.15) is 61.9 Å². The number of aromatic nitrogens is 1. The van der Waals surface area contributed by atoms with Gasteiger partial charge in [-0.25, -0.2) is 4.79 Å². The van der Waals surface area contributed by atoms with Crippen LogP contribution in [0.15, 0.2) is 71.5 Å². The van der Waals surface area contributed by atoms with Gasteiger partial charge in [-0.15, -0.1) is 0 Å². The molecule has 0 saturated heterocycles. The second-order valence-corrected chi connectivity index (χ2v) is 10.0. The van der Waals surface area contributed by atoms with Crippen molar-refractivity contribution in [2.24, 2.45) is 0 Å². The zero-order valence-corrected chi connectivity index (χ0v) is 21.3. The van der Waals surface area contributed by atoms with Crippen molar-refractivity contribution in [3.05, 3.63) is 89.3 Å². The Kier molecular flexibility index (Phi) is 7.96. The van der Waals surface area contributed by atoms with Gasteiger partial charge >= 0.3 is 12.1 Å². The summed E-state index contributed by atoms with van der Waals surface area (Å²) in [5.74, 6) is -0.607. The Bertz CT molecular complexity index is 1240. The first-order valence-electron chi connectivity index (χ1n) is 12.3. The normalized spacial score (nSPS) is 14.6. The van der Waals surface area contributed by atoms with Gasteiger partial charge in [0, 0.05) is 25.1 Å². The number of amides is 1. The number of hydrogen-bond acceptors (Lipinski definition) is 6.